The number of carbonyl (C=O) groups is 2. The van der Waals surface area contributed by atoms with Gasteiger partial charge in [0.1, 0.15) is 5.82 Å². The zero-order valence-electron chi connectivity index (χ0n) is 23.7. The molecule has 0 spiro atoms. The van der Waals surface area contributed by atoms with E-state index in [2.05, 4.69) is 10.6 Å². The Kier molecular flexibility index (Phi) is 13.3. The summed E-state index contributed by atoms with van der Waals surface area (Å²) in [5.41, 5.74) is 4.05. The number of hydrogen-bond donors (Lipinski definition) is 2. The van der Waals surface area contributed by atoms with Gasteiger partial charge in [-0.25, -0.2) is 4.39 Å². The van der Waals surface area contributed by atoms with Gasteiger partial charge in [0, 0.05) is 32.3 Å². The van der Waals surface area contributed by atoms with E-state index in [1.54, 1.807) is 19.2 Å². The second kappa shape index (κ2) is 17.2. The van der Waals surface area contributed by atoms with Gasteiger partial charge in [0.15, 0.2) is 0 Å². The highest BCUT2D eigenvalue weighted by Gasteiger charge is 2.22. The maximum atomic E-state index is 12.4. The summed E-state index contributed by atoms with van der Waals surface area (Å²) in [5.74, 6) is 0.397. The van der Waals surface area contributed by atoms with E-state index in [-0.39, 0.29) is 24.2 Å². The Morgan fingerprint density at radius 1 is 0.875 bits per heavy atom. The minimum atomic E-state index is -0.208. The predicted molar refractivity (Wildman–Crippen MR) is 159 cm³/mol. The van der Waals surface area contributed by atoms with Crippen LogP contribution in [0.2, 0.25) is 0 Å². The SMILES string of the molecule is CNCCOC.Fc1ccc(C2CC2)cc1.O=C(NCC(=O)N1CCCCC1)c1ccc(-c2ccccc2)cc1. The summed E-state index contributed by atoms with van der Waals surface area (Å²) in [4.78, 5) is 26.1. The number of piperidine rings is 1. The van der Waals surface area contributed by atoms with E-state index in [9.17, 15) is 14.0 Å². The topological polar surface area (TPSA) is 70.7 Å². The van der Waals surface area contributed by atoms with E-state index in [0.29, 0.717) is 5.56 Å². The lowest BCUT2D eigenvalue weighted by atomic mass is 10.0. The molecule has 1 heterocycles. The van der Waals surface area contributed by atoms with Gasteiger partial charge in [-0.1, -0.05) is 54.6 Å². The number of halogens is 1. The van der Waals surface area contributed by atoms with Crippen molar-refractivity contribution in [2.24, 2.45) is 0 Å². The molecule has 7 heteroatoms. The largest absolute Gasteiger partial charge is 0.383 e. The Bertz CT molecular complexity index is 1140. The molecule has 214 valence electrons. The van der Waals surface area contributed by atoms with Crippen LogP contribution in [0.1, 0.15) is 53.9 Å². The zero-order chi connectivity index (χ0) is 28.6. The standard InChI is InChI=1S/C20H22N2O2.C9H9F.C4H11NO/c23-19(22-13-5-2-6-14-22)15-21-20(24)18-11-9-17(10-12-18)16-7-3-1-4-8-16;10-9-5-3-8(4-6-9)7-1-2-7;1-5-3-4-6-2/h1,3-4,7-12H,2,5-6,13-15H2,(H,21,24);3-7H,1-2H2;5H,3-4H2,1-2H3. The summed E-state index contributed by atoms with van der Waals surface area (Å²) in [7, 11) is 3.59. The second-order valence-corrected chi connectivity index (χ2v) is 9.99. The summed E-state index contributed by atoms with van der Waals surface area (Å²) in [5, 5.41) is 5.67. The van der Waals surface area contributed by atoms with Gasteiger partial charge in [-0.2, -0.15) is 0 Å². The van der Waals surface area contributed by atoms with Crippen LogP contribution in [0.4, 0.5) is 4.39 Å². The molecule has 1 saturated heterocycles. The number of benzene rings is 3. The number of carbonyl (C=O) groups excluding carboxylic acids is 2. The molecule has 2 fully saturated rings. The van der Waals surface area contributed by atoms with Crippen LogP contribution >= 0.6 is 0 Å². The molecule has 0 bridgehead atoms. The molecule has 3 aromatic rings. The smallest absolute Gasteiger partial charge is 0.251 e. The molecule has 5 rings (SSSR count). The van der Waals surface area contributed by atoms with E-state index in [4.69, 9.17) is 4.74 Å². The number of nitrogens with zero attached hydrogens (tertiary/aromatic N) is 1. The van der Waals surface area contributed by atoms with E-state index in [1.807, 2.05) is 66.5 Å². The van der Waals surface area contributed by atoms with Gasteiger partial charge in [0.2, 0.25) is 5.91 Å². The molecule has 0 radical (unpaired) electrons. The Hall–Kier alpha value is -3.55. The molecule has 6 nitrogen and oxygen atoms in total. The van der Waals surface area contributed by atoms with Gasteiger partial charge in [-0.15, -0.1) is 0 Å². The van der Waals surface area contributed by atoms with Crippen molar-refractivity contribution in [3.8, 4) is 11.1 Å². The number of likely N-dealkylation sites (tertiary alicyclic amines) is 1. The fraction of sp³-hybridized carbons (Fsp3) is 0.394. The van der Waals surface area contributed by atoms with Crippen LogP contribution in [0.15, 0.2) is 78.9 Å². The predicted octanol–water partition coefficient (Wildman–Crippen LogP) is 5.65. The van der Waals surface area contributed by atoms with Crippen LogP contribution in [0.25, 0.3) is 11.1 Å². The van der Waals surface area contributed by atoms with E-state index >= 15 is 0 Å². The van der Waals surface area contributed by atoms with E-state index in [0.717, 1.165) is 56.1 Å². The molecule has 2 amide bonds. The number of likely N-dealkylation sites (N-methyl/N-ethyl adjacent to an activating group) is 1. The van der Waals surface area contributed by atoms with Gasteiger partial charge in [-0.3, -0.25) is 9.59 Å². The van der Waals surface area contributed by atoms with Gasteiger partial charge in [0.05, 0.1) is 13.2 Å². The van der Waals surface area contributed by atoms with Gasteiger partial charge in [-0.05, 0) is 86.0 Å². The summed E-state index contributed by atoms with van der Waals surface area (Å²) in [6, 6.07) is 24.3. The van der Waals surface area contributed by atoms with Gasteiger partial charge in [0.25, 0.3) is 5.91 Å². The number of amides is 2. The quantitative estimate of drug-likeness (QED) is 0.358. The fourth-order valence-corrected chi connectivity index (χ4v) is 4.31. The normalized spacial score (nSPS) is 14.2. The number of ether oxygens (including phenoxy) is 1. The monoisotopic (exact) mass is 547 g/mol. The van der Waals surface area contributed by atoms with Crippen molar-refractivity contribution in [3.05, 3.63) is 95.8 Å². The maximum absolute atomic E-state index is 12.4. The molecule has 1 saturated carbocycles. The Morgan fingerprint density at radius 3 is 2.05 bits per heavy atom. The van der Waals surface area contributed by atoms with Gasteiger partial charge >= 0.3 is 0 Å². The van der Waals surface area contributed by atoms with Crippen molar-refractivity contribution in [2.75, 3.05) is 46.9 Å². The third-order valence-corrected chi connectivity index (χ3v) is 6.84. The minimum absolute atomic E-state index is 0.00366. The Balaban J connectivity index is 0.000000225. The van der Waals surface area contributed by atoms with Crippen LogP contribution in [0.5, 0.6) is 0 Å². The average molecular weight is 548 g/mol. The molecule has 2 aliphatic rings. The van der Waals surface area contributed by atoms with Crippen molar-refractivity contribution < 1.29 is 18.7 Å². The van der Waals surface area contributed by atoms with Crippen molar-refractivity contribution in [2.45, 2.75) is 38.0 Å². The van der Waals surface area contributed by atoms with E-state index in [1.165, 1.54) is 37.0 Å². The average Bonchev–Trinajstić information content (AvgIpc) is 3.86. The molecule has 1 aliphatic heterocycles. The lowest BCUT2D eigenvalue weighted by Gasteiger charge is -2.26. The van der Waals surface area contributed by atoms with Crippen LogP contribution in [-0.2, 0) is 9.53 Å². The Labute approximate surface area is 237 Å². The van der Waals surface area contributed by atoms with Crippen LogP contribution in [0.3, 0.4) is 0 Å². The van der Waals surface area contributed by atoms with Crippen molar-refractivity contribution >= 4 is 11.8 Å². The maximum Gasteiger partial charge on any atom is 0.251 e. The molecular formula is C33H42FN3O3. The minimum Gasteiger partial charge on any atom is -0.383 e. The number of rotatable bonds is 8. The lowest BCUT2D eigenvalue weighted by Crippen LogP contribution is -2.42. The molecule has 2 N–H and O–H groups in total. The summed E-state index contributed by atoms with van der Waals surface area (Å²) >= 11 is 0. The molecule has 0 unspecified atom stereocenters. The molecule has 1 aliphatic carbocycles. The lowest BCUT2D eigenvalue weighted by molar-refractivity contribution is -0.130. The first-order valence-corrected chi connectivity index (χ1v) is 14.1. The third-order valence-electron chi connectivity index (χ3n) is 6.84. The van der Waals surface area contributed by atoms with Crippen molar-refractivity contribution in [3.63, 3.8) is 0 Å². The molecule has 0 atom stereocenters. The highest BCUT2D eigenvalue weighted by Crippen LogP contribution is 2.39. The van der Waals surface area contributed by atoms with Crippen LogP contribution in [0, 0.1) is 5.82 Å². The van der Waals surface area contributed by atoms with Crippen molar-refractivity contribution in [1.29, 1.82) is 0 Å². The highest BCUT2D eigenvalue weighted by atomic mass is 19.1. The fourth-order valence-electron chi connectivity index (χ4n) is 4.31. The molecule has 40 heavy (non-hydrogen) atoms. The van der Waals surface area contributed by atoms with Crippen molar-refractivity contribution in [1.82, 2.24) is 15.5 Å². The number of nitrogens with one attached hydrogen (secondary N) is 2. The zero-order valence-corrected chi connectivity index (χ0v) is 23.7. The van der Waals surface area contributed by atoms with Crippen LogP contribution < -0.4 is 10.6 Å². The Morgan fingerprint density at radius 2 is 1.50 bits per heavy atom. The first-order chi connectivity index (χ1) is 19.5. The molecular weight excluding hydrogens is 505 g/mol. The number of methoxy groups -OCH3 is 1. The number of hydrogen-bond acceptors (Lipinski definition) is 4. The van der Waals surface area contributed by atoms with Crippen LogP contribution in [-0.4, -0.2) is 63.7 Å². The summed E-state index contributed by atoms with van der Waals surface area (Å²) in [6.07, 6.45) is 5.86. The third kappa shape index (κ3) is 10.9. The van der Waals surface area contributed by atoms with Gasteiger partial charge < -0.3 is 20.3 Å². The first kappa shape index (κ1) is 31.0. The summed E-state index contributed by atoms with van der Waals surface area (Å²) < 4.78 is 17.1. The second-order valence-electron chi connectivity index (χ2n) is 9.99. The van der Waals surface area contributed by atoms with E-state index < -0.39 is 0 Å². The summed E-state index contributed by atoms with van der Waals surface area (Å²) in [6.45, 7) is 3.42. The first-order valence-electron chi connectivity index (χ1n) is 14.1. The molecule has 3 aromatic carbocycles. The molecule has 0 aromatic heterocycles. The highest BCUT2D eigenvalue weighted by molar-refractivity contribution is 5.96.